The van der Waals surface area contributed by atoms with E-state index in [2.05, 4.69) is 22.1 Å². The molecular formula is C28H27FN4O4S2. The number of hydrogen-bond acceptors (Lipinski definition) is 8. The topological polar surface area (TPSA) is 95.3 Å². The summed E-state index contributed by atoms with van der Waals surface area (Å²) in [5, 5.41) is 14.1. The average Bonchev–Trinajstić information content (AvgIpc) is 3.53. The van der Waals surface area contributed by atoms with Crippen molar-refractivity contribution >= 4 is 40.0 Å². The number of benzene rings is 2. The Hall–Kier alpha value is -3.96. The fraction of sp³-hybridized carbons (Fsp3) is 0.214. The van der Waals surface area contributed by atoms with Crippen LogP contribution in [0.4, 0.5) is 9.39 Å². The van der Waals surface area contributed by atoms with Gasteiger partial charge in [0.2, 0.25) is 5.91 Å². The summed E-state index contributed by atoms with van der Waals surface area (Å²) >= 11 is 2.46. The Morgan fingerprint density at radius 1 is 1.18 bits per heavy atom. The van der Waals surface area contributed by atoms with Crippen LogP contribution in [0.1, 0.15) is 34.8 Å². The molecule has 8 nitrogen and oxygen atoms in total. The summed E-state index contributed by atoms with van der Waals surface area (Å²) in [6, 6.07) is 13.5. The van der Waals surface area contributed by atoms with E-state index in [0.29, 0.717) is 39.4 Å². The molecule has 2 heterocycles. The number of thiophene rings is 1. The molecule has 1 N–H and O–H groups in total. The number of nitrogens with zero attached hydrogens (tertiary/aromatic N) is 3. The van der Waals surface area contributed by atoms with E-state index in [0.717, 1.165) is 11.1 Å². The van der Waals surface area contributed by atoms with Crippen LogP contribution in [0.5, 0.6) is 5.75 Å². The molecule has 0 bridgehead atoms. The summed E-state index contributed by atoms with van der Waals surface area (Å²) in [6.45, 7) is 8.00. The molecule has 0 radical (unpaired) electrons. The van der Waals surface area contributed by atoms with Gasteiger partial charge in [-0.05, 0) is 43.7 Å². The number of carbonyl (C=O) groups is 2. The first-order valence-corrected chi connectivity index (χ1v) is 13.8. The predicted molar refractivity (Wildman–Crippen MR) is 151 cm³/mol. The number of halogens is 1. The first kappa shape index (κ1) is 28.1. The van der Waals surface area contributed by atoms with E-state index in [1.165, 1.54) is 54.5 Å². The van der Waals surface area contributed by atoms with Gasteiger partial charge in [-0.25, -0.2) is 9.18 Å². The molecule has 0 fully saturated rings. The van der Waals surface area contributed by atoms with E-state index < -0.39 is 12.1 Å². The summed E-state index contributed by atoms with van der Waals surface area (Å²) in [5.41, 5.74) is 2.96. The van der Waals surface area contributed by atoms with E-state index >= 15 is 0 Å². The minimum absolute atomic E-state index is 0.0286. The minimum Gasteiger partial charge on any atom is -0.483 e. The number of carbonyl (C=O) groups excluding carboxylic acids is 2. The molecule has 4 rings (SSSR count). The van der Waals surface area contributed by atoms with Gasteiger partial charge in [0.1, 0.15) is 22.1 Å². The van der Waals surface area contributed by atoms with Crippen LogP contribution >= 0.6 is 23.1 Å². The van der Waals surface area contributed by atoms with E-state index in [1.807, 2.05) is 43.5 Å². The number of amides is 1. The number of rotatable bonds is 11. The van der Waals surface area contributed by atoms with Crippen molar-refractivity contribution in [2.75, 3.05) is 18.2 Å². The third-order valence-corrected chi connectivity index (χ3v) is 7.54. The highest BCUT2D eigenvalue weighted by atomic mass is 32.2. The van der Waals surface area contributed by atoms with Crippen molar-refractivity contribution in [3.63, 3.8) is 0 Å². The number of thioether (sulfide) groups is 1. The average molecular weight is 567 g/mol. The van der Waals surface area contributed by atoms with E-state index in [1.54, 1.807) is 10.6 Å². The van der Waals surface area contributed by atoms with Gasteiger partial charge in [0.25, 0.3) is 0 Å². The quantitative estimate of drug-likeness (QED) is 0.129. The largest absolute Gasteiger partial charge is 0.483 e. The summed E-state index contributed by atoms with van der Waals surface area (Å²) in [6.07, 6.45) is 1.21. The van der Waals surface area contributed by atoms with Gasteiger partial charge in [0.15, 0.2) is 17.1 Å². The number of anilines is 1. The van der Waals surface area contributed by atoms with Crippen molar-refractivity contribution < 1.29 is 23.5 Å². The van der Waals surface area contributed by atoms with Gasteiger partial charge >= 0.3 is 5.97 Å². The smallest absolute Gasteiger partial charge is 0.341 e. The Labute approximate surface area is 233 Å². The molecule has 0 aliphatic carbocycles. The van der Waals surface area contributed by atoms with Gasteiger partial charge in [0, 0.05) is 17.5 Å². The van der Waals surface area contributed by atoms with Gasteiger partial charge in [-0.2, -0.15) is 0 Å². The number of aryl methyl sites for hydroxylation is 1. The molecule has 39 heavy (non-hydrogen) atoms. The van der Waals surface area contributed by atoms with Crippen LogP contribution in [-0.2, 0) is 16.1 Å². The van der Waals surface area contributed by atoms with Crippen LogP contribution < -0.4 is 10.1 Å². The highest BCUT2D eigenvalue weighted by Crippen LogP contribution is 2.36. The zero-order chi connectivity index (χ0) is 27.9. The van der Waals surface area contributed by atoms with Crippen molar-refractivity contribution in [2.45, 2.75) is 31.7 Å². The lowest BCUT2D eigenvalue weighted by atomic mass is 10.0. The molecule has 2 aromatic carbocycles. The maximum Gasteiger partial charge on any atom is 0.341 e. The van der Waals surface area contributed by atoms with Crippen LogP contribution in [0.25, 0.3) is 11.1 Å². The third kappa shape index (κ3) is 6.73. The number of esters is 1. The Bertz CT molecular complexity index is 1470. The lowest BCUT2D eigenvalue weighted by Crippen LogP contribution is -2.17. The van der Waals surface area contributed by atoms with Crippen molar-refractivity contribution in [1.82, 2.24) is 14.8 Å². The number of aromatic nitrogens is 3. The number of nitrogens with one attached hydrogen (secondary N) is 1. The second kappa shape index (κ2) is 12.7. The lowest BCUT2D eigenvalue weighted by molar-refractivity contribution is -0.113. The van der Waals surface area contributed by atoms with Crippen LogP contribution in [0, 0.1) is 12.7 Å². The zero-order valence-electron chi connectivity index (χ0n) is 21.6. The fourth-order valence-electron chi connectivity index (χ4n) is 3.77. The van der Waals surface area contributed by atoms with Gasteiger partial charge < -0.3 is 14.8 Å². The second-order valence-corrected chi connectivity index (χ2v) is 10.3. The number of ether oxygens (including phenoxy) is 2. The van der Waals surface area contributed by atoms with E-state index in [9.17, 15) is 14.0 Å². The van der Waals surface area contributed by atoms with Crippen molar-refractivity contribution in [2.24, 2.45) is 0 Å². The van der Waals surface area contributed by atoms with Crippen LogP contribution in [-0.4, -0.2) is 39.5 Å². The summed E-state index contributed by atoms with van der Waals surface area (Å²) in [5.74, 6) is -0.132. The predicted octanol–water partition coefficient (Wildman–Crippen LogP) is 6.30. The molecule has 0 saturated carbocycles. The van der Waals surface area contributed by atoms with Gasteiger partial charge in [0.05, 0.1) is 12.9 Å². The van der Waals surface area contributed by atoms with Crippen LogP contribution in [0.3, 0.4) is 0 Å². The summed E-state index contributed by atoms with van der Waals surface area (Å²) < 4.78 is 25.9. The van der Waals surface area contributed by atoms with Crippen LogP contribution in [0.2, 0.25) is 0 Å². The van der Waals surface area contributed by atoms with Gasteiger partial charge in [-0.3, -0.25) is 9.36 Å². The number of allylic oxidation sites excluding steroid dienone is 1. The monoisotopic (exact) mass is 566 g/mol. The van der Waals surface area contributed by atoms with Crippen molar-refractivity contribution in [3.05, 3.63) is 89.3 Å². The Balaban J connectivity index is 1.47. The Morgan fingerprint density at radius 2 is 1.90 bits per heavy atom. The maximum absolute atomic E-state index is 13.2. The number of hydrogen-bond donors (Lipinski definition) is 1. The SMILES string of the molecule is C=CCn1c(SCC(=O)Nc2scc(-c3ccc(C)cc3)c2C(=O)OC)nnc1C(C)Oc1ccc(F)cc1. The normalized spacial score (nSPS) is 11.6. The van der Waals surface area contributed by atoms with E-state index in [-0.39, 0.29) is 17.5 Å². The third-order valence-electron chi connectivity index (χ3n) is 5.68. The molecule has 1 unspecified atom stereocenters. The first-order chi connectivity index (χ1) is 18.8. The molecule has 1 atom stereocenters. The molecule has 0 saturated heterocycles. The molecule has 1 amide bonds. The number of methoxy groups -OCH3 is 1. The van der Waals surface area contributed by atoms with Crippen molar-refractivity contribution in [3.8, 4) is 16.9 Å². The van der Waals surface area contributed by atoms with Crippen molar-refractivity contribution in [1.29, 1.82) is 0 Å². The van der Waals surface area contributed by atoms with Crippen LogP contribution in [0.15, 0.2) is 71.7 Å². The first-order valence-electron chi connectivity index (χ1n) is 12.0. The van der Waals surface area contributed by atoms with E-state index in [4.69, 9.17) is 9.47 Å². The zero-order valence-corrected chi connectivity index (χ0v) is 23.3. The maximum atomic E-state index is 13.2. The summed E-state index contributed by atoms with van der Waals surface area (Å²) in [4.78, 5) is 25.5. The lowest BCUT2D eigenvalue weighted by Gasteiger charge is -2.15. The molecule has 11 heteroatoms. The Kier molecular flexibility index (Phi) is 9.15. The molecule has 0 spiro atoms. The Morgan fingerprint density at radius 3 is 2.56 bits per heavy atom. The molecule has 4 aromatic rings. The molecular weight excluding hydrogens is 539 g/mol. The minimum atomic E-state index is -0.528. The second-order valence-electron chi connectivity index (χ2n) is 8.50. The highest BCUT2D eigenvalue weighted by Gasteiger charge is 2.24. The molecule has 0 aliphatic heterocycles. The standard InChI is InChI=1S/C28H27FN4O4S2/c1-5-14-33-25(18(3)37-21-12-10-20(29)11-13-21)31-32-28(33)39-16-23(34)30-26-24(27(35)36-4)22(15-38-26)19-8-6-17(2)7-9-19/h5-13,15,18H,1,14,16H2,2-4H3,(H,30,34). The highest BCUT2D eigenvalue weighted by molar-refractivity contribution is 7.99. The molecule has 202 valence electrons. The fourth-order valence-corrected chi connectivity index (χ4v) is 5.50. The molecule has 2 aromatic heterocycles. The summed E-state index contributed by atoms with van der Waals surface area (Å²) in [7, 11) is 1.31. The van der Waals surface area contributed by atoms with Gasteiger partial charge in [-0.15, -0.1) is 28.1 Å². The molecule has 0 aliphatic rings. The van der Waals surface area contributed by atoms with Gasteiger partial charge in [-0.1, -0.05) is 47.7 Å².